The van der Waals surface area contributed by atoms with Crippen LogP contribution in [-0.2, 0) is 0 Å². The average Bonchev–Trinajstić information content (AvgIpc) is 2.49. The van der Waals surface area contributed by atoms with Gasteiger partial charge in [-0.1, -0.05) is 23.7 Å². The van der Waals surface area contributed by atoms with Crippen molar-refractivity contribution in [2.24, 2.45) is 0 Å². The summed E-state index contributed by atoms with van der Waals surface area (Å²) >= 11 is 6.40. The Bertz CT molecular complexity index is 606. The third-order valence-electron chi connectivity index (χ3n) is 3.46. The summed E-state index contributed by atoms with van der Waals surface area (Å²) in [6, 6.07) is 11.9. The van der Waals surface area contributed by atoms with Gasteiger partial charge in [-0.3, -0.25) is 0 Å². The zero-order valence-corrected chi connectivity index (χ0v) is 13.5. The summed E-state index contributed by atoms with van der Waals surface area (Å²) in [6.07, 6.45) is 0. The second-order valence-electron chi connectivity index (χ2n) is 4.89. The van der Waals surface area contributed by atoms with Gasteiger partial charge in [-0.05, 0) is 48.9 Å². The van der Waals surface area contributed by atoms with Crippen molar-refractivity contribution in [2.75, 3.05) is 21.3 Å². The molecule has 2 aromatic rings. The Morgan fingerprint density at radius 3 is 2.10 bits per heavy atom. The van der Waals surface area contributed by atoms with Gasteiger partial charge in [-0.15, -0.1) is 0 Å². The Kier molecular flexibility index (Phi) is 5.10. The summed E-state index contributed by atoms with van der Waals surface area (Å²) in [5, 5.41) is 4.05. The molecule has 1 unspecified atom stereocenters. The van der Waals surface area contributed by atoms with E-state index in [0.717, 1.165) is 33.2 Å². The zero-order chi connectivity index (χ0) is 15.4. The maximum absolute atomic E-state index is 6.40. The maximum atomic E-state index is 6.40. The fraction of sp³-hybridized carbons (Fsp3) is 0.294. The molecule has 0 saturated heterocycles. The fourth-order valence-electron chi connectivity index (χ4n) is 2.36. The zero-order valence-electron chi connectivity index (χ0n) is 12.7. The standard InChI is InChI=1S/C17H20ClNO2/c1-11-5-6-15(16(18)7-11)17(19-2)12-8-13(20-3)10-14(9-12)21-4/h5-10,17,19H,1-4H3. The highest BCUT2D eigenvalue weighted by atomic mass is 35.5. The van der Waals surface area contributed by atoms with E-state index in [4.69, 9.17) is 21.1 Å². The molecular weight excluding hydrogens is 286 g/mol. The number of nitrogens with one attached hydrogen (secondary N) is 1. The monoisotopic (exact) mass is 305 g/mol. The molecule has 2 aromatic carbocycles. The number of rotatable bonds is 5. The third kappa shape index (κ3) is 3.49. The first-order valence-electron chi connectivity index (χ1n) is 6.75. The van der Waals surface area contributed by atoms with Gasteiger partial charge >= 0.3 is 0 Å². The lowest BCUT2D eigenvalue weighted by molar-refractivity contribution is 0.392. The van der Waals surface area contributed by atoms with Crippen molar-refractivity contribution in [1.29, 1.82) is 0 Å². The molecule has 0 radical (unpaired) electrons. The molecule has 0 spiro atoms. The van der Waals surface area contributed by atoms with Crippen molar-refractivity contribution < 1.29 is 9.47 Å². The molecular formula is C17H20ClNO2. The van der Waals surface area contributed by atoms with E-state index in [1.54, 1.807) is 14.2 Å². The maximum Gasteiger partial charge on any atom is 0.122 e. The highest BCUT2D eigenvalue weighted by molar-refractivity contribution is 6.31. The molecule has 3 nitrogen and oxygen atoms in total. The van der Waals surface area contributed by atoms with E-state index >= 15 is 0 Å². The molecule has 0 aromatic heterocycles. The van der Waals surface area contributed by atoms with E-state index < -0.39 is 0 Å². The minimum absolute atomic E-state index is 0.0258. The van der Waals surface area contributed by atoms with Crippen LogP contribution in [0, 0.1) is 6.92 Å². The van der Waals surface area contributed by atoms with Gasteiger partial charge < -0.3 is 14.8 Å². The van der Waals surface area contributed by atoms with Crippen LogP contribution in [0.2, 0.25) is 5.02 Å². The smallest absolute Gasteiger partial charge is 0.122 e. The summed E-state index contributed by atoms with van der Waals surface area (Å²) in [7, 11) is 5.20. The minimum Gasteiger partial charge on any atom is -0.497 e. The van der Waals surface area contributed by atoms with Gasteiger partial charge in [0.2, 0.25) is 0 Å². The van der Waals surface area contributed by atoms with E-state index in [1.165, 1.54) is 0 Å². The lowest BCUT2D eigenvalue weighted by atomic mass is 9.97. The number of hydrogen-bond acceptors (Lipinski definition) is 3. The number of methoxy groups -OCH3 is 2. The van der Waals surface area contributed by atoms with Crippen LogP contribution in [0.25, 0.3) is 0 Å². The first-order chi connectivity index (χ1) is 10.1. The molecule has 0 fully saturated rings. The molecule has 2 rings (SSSR count). The van der Waals surface area contributed by atoms with Crippen LogP contribution in [0.15, 0.2) is 36.4 Å². The van der Waals surface area contributed by atoms with Crippen molar-refractivity contribution in [3.05, 3.63) is 58.1 Å². The molecule has 1 atom stereocenters. The van der Waals surface area contributed by atoms with E-state index in [-0.39, 0.29) is 6.04 Å². The van der Waals surface area contributed by atoms with Gasteiger partial charge in [0, 0.05) is 11.1 Å². The van der Waals surface area contributed by atoms with Crippen LogP contribution >= 0.6 is 11.6 Å². The molecule has 0 heterocycles. The number of aryl methyl sites for hydroxylation is 1. The SMILES string of the molecule is CNC(c1cc(OC)cc(OC)c1)c1ccc(C)cc1Cl. The van der Waals surface area contributed by atoms with Gasteiger partial charge in [0.1, 0.15) is 11.5 Å². The van der Waals surface area contributed by atoms with Gasteiger partial charge in [-0.2, -0.15) is 0 Å². The summed E-state index contributed by atoms with van der Waals surface area (Å²) in [5.74, 6) is 1.51. The number of ether oxygens (including phenoxy) is 2. The second-order valence-corrected chi connectivity index (χ2v) is 5.30. The normalized spacial score (nSPS) is 12.0. The Labute approximate surface area is 130 Å². The highest BCUT2D eigenvalue weighted by Crippen LogP contribution is 2.33. The molecule has 0 aliphatic carbocycles. The van der Waals surface area contributed by atoms with Gasteiger partial charge in [0.05, 0.1) is 20.3 Å². The van der Waals surface area contributed by atoms with Crippen LogP contribution in [0.1, 0.15) is 22.7 Å². The Balaban J connectivity index is 2.50. The highest BCUT2D eigenvalue weighted by Gasteiger charge is 2.17. The van der Waals surface area contributed by atoms with Gasteiger partial charge in [-0.25, -0.2) is 0 Å². The minimum atomic E-state index is -0.0258. The van der Waals surface area contributed by atoms with Crippen molar-refractivity contribution in [3.8, 4) is 11.5 Å². The van der Waals surface area contributed by atoms with Crippen molar-refractivity contribution in [3.63, 3.8) is 0 Å². The summed E-state index contributed by atoms with van der Waals surface area (Å²) in [4.78, 5) is 0. The average molecular weight is 306 g/mol. The second kappa shape index (κ2) is 6.83. The molecule has 4 heteroatoms. The van der Waals surface area contributed by atoms with E-state index in [1.807, 2.05) is 44.3 Å². The lowest BCUT2D eigenvalue weighted by Gasteiger charge is -2.20. The first kappa shape index (κ1) is 15.7. The molecule has 0 amide bonds. The molecule has 112 valence electrons. The lowest BCUT2D eigenvalue weighted by Crippen LogP contribution is -2.18. The van der Waals surface area contributed by atoms with Gasteiger partial charge in [0.15, 0.2) is 0 Å². The first-order valence-corrected chi connectivity index (χ1v) is 7.13. The summed E-state index contributed by atoms with van der Waals surface area (Å²) < 4.78 is 10.7. The fourth-order valence-corrected chi connectivity index (χ4v) is 2.71. The molecule has 0 aliphatic rings. The molecule has 0 aliphatic heterocycles. The Morgan fingerprint density at radius 2 is 1.62 bits per heavy atom. The van der Waals surface area contributed by atoms with Crippen molar-refractivity contribution >= 4 is 11.6 Å². The predicted octanol–water partition coefficient (Wildman–Crippen LogP) is 3.97. The number of benzene rings is 2. The van der Waals surface area contributed by atoms with Crippen LogP contribution in [0.3, 0.4) is 0 Å². The summed E-state index contributed by atoms with van der Waals surface area (Å²) in [5.41, 5.74) is 3.21. The largest absolute Gasteiger partial charge is 0.497 e. The van der Waals surface area contributed by atoms with Crippen LogP contribution < -0.4 is 14.8 Å². The van der Waals surface area contributed by atoms with E-state index in [2.05, 4.69) is 11.4 Å². The number of halogens is 1. The molecule has 21 heavy (non-hydrogen) atoms. The van der Waals surface area contributed by atoms with Gasteiger partial charge in [0.25, 0.3) is 0 Å². The summed E-state index contributed by atoms with van der Waals surface area (Å²) in [6.45, 7) is 2.03. The third-order valence-corrected chi connectivity index (χ3v) is 3.79. The van der Waals surface area contributed by atoms with E-state index in [0.29, 0.717) is 0 Å². The predicted molar refractivity (Wildman–Crippen MR) is 86.6 cm³/mol. The Morgan fingerprint density at radius 1 is 1.00 bits per heavy atom. The molecule has 1 N–H and O–H groups in total. The van der Waals surface area contributed by atoms with Crippen LogP contribution in [-0.4, -0.2) is 21.3 Å². The van der Waals surface area contributed by atoms with E-state index in [9.17, 15) is 0 Å². The van der Waals surface area contributed by atoms with Crippen molar-refractivity contribution in [1.82, 2.24) is 5.32 Å². The quantitative estimate of drug-likeness (QED) is 0.906. The molecule has 0 saturated carbocycles. The topological polar surface area (TPSA) is 30.5 Å². The Hall–Kier alpha value is -1.71. The molecule has 0 bridgehead atoms. The van der Waals surface area contributed by atoms with Crippen LogP contribution in [0.5, 0.6) is 11.5 Å². The number of hydrogen-bond donors (Lipinski definition) is 1. The van der Waals surface area contributed by atoms with Crippen molar-refractivity contribution in [2.45, 2.75) is 13.0 Å². The van der Waals surface area contributed by atoms with Crippen LogP contribution in [0.4, 0.5) is 0 Å².